The smallest absolute Gasteiger partial charge is 0.122 e. The molecule has 2 aliphatic heterocycles. The maximum absolute atomic E-state index is 5.84. The lowest BCUT2D eigenvalue weighted by molar-refractivity contribution is 0.221. The molecule has 102 valence electrons. The first kappa shape index (κ1) is 12.0. The Morgan fingerprint density at radius 1 is 1.00 bits per heavy atom. The number of hydrogen-bond donors (Lipinski definition) is 1. The van der Waals surface area contributed by atoms with E-state index >= 15 is 0 Å². The molecule has 0 aliphatic carbocycles. The molecule has 1 N–H and O–H groups in total. The number of benzene rings is 2. The molecule has 1 unspecified atom stereocenters. The Balaban J connectivity index is 1.62. The van der Waals surface area contributed by atoms with Crippen LogP contribution in [0.2, 0.25) is 0 Å². The van der Waals surface area contributed by atoms with E-state index in [2.05, 4.69) is 59.9 Å². The van der Waals surface area contributed by atoms with Crippen LogP contribution >= 0.6 is 0 Å². The predicted molar refractivity (Wildman–Crippen MR) is 80.3 cm³/mol. The van der Waals surface area contributed by atoms with Crippen LogP contribution in [-0.2, 0) is 5.41 Å². The third-order valence-corrected chi connectivity index (χ3v) is 4.75. The summed E-state index contributed by atoms with van der Waals surface area (Å²) in [5.74, 6) is 1.60. The first-order chi connectivity index (χ1) is 9.87. The molecule has 2 nitrogen and oxygen atoms in total. The normalized spacial score (nSPS) is 22.7. The van der Waals surface area contributed by atoms with Gasteiger partial charge in [0.15, 0.2) is 0 Å². The van der Waals surface area contributed by atoms with E-state index in [4.69, 9.17) is 4.74 Å². The molecular weight excluding hydrogens is 246 g/mol. The van der Waals surface area contributed by atoms with E-state index in [9.17, 15) is 0 Å². The maximum Gasteiger partial charge on any atom is 0.122 e. The van der Waals surface area contributed by atoms with Crippen LogP contribution < -0.4 is 10.1 Å². The van der Waals surface area contributed by atoms with Crippen molar-refractivity contribution in [1.82, 2.24) is 5.32 Å². The van der Waals surface area contributed by atoms with Crippen LogP contribution in [0.25, 0.3) is 0 Å². The molecule has 20 heavy (non-hydrogen) atoms. The van der Waals surface area contributed by atoms with E-state index in [0.29, 0.717) is 5.92 Å². The second-order valence-corrected chi connectivity index (χ2v) is 6.00. The zero-order valence-electron chi connectivity index (χ0n) is 11.5. The van der Waals surface area contributed by atoms with Gasteiger partial charge in [-0.2, -0.15) is 0 Å². The summed E-state index contributed by atoms with van der Waals surface area (Å²) in [5, 5.41) is 3.46. The van der Waals surface area contributed by atoms with Crippen LogP contribution in [0.4, 0.5) is 0 Å². The van der Waals surface area contributed by atoms with Gasteiger partial charge in [0.25, 0.3) is 0 Å². The van der Waals surface area contributed by atoms with E-state index in [1.807, 2.05) is 0 Å². The van der Waals surface area contributed by atoms with Crippen molar-refractivity contribution in [3.05, 3.63) is 65.7 Å². The van der Waals surface area contributed by atoms with Gasteiger partial charge >= 0.3 is 0 Å². The van der Waals surface area contributed by atoms with Gasteiger partial charge in [0.2, 0.25) is 0 Å². The summed E-state index contributed by atoms with van der Waals surface area (Å²) in [7, 11) is 0. The van der Waals surface area contributed by atoms with Gasteiger partial charge < -0.3 is 10.1 Å². The molecule has 0 amide bonds. The number of para-hydroxylation sites is 1. The van der Waals surface area contributed by atoms with Crippen molar-refractivity contribution in [2.45, 2.75) is 17.8 Å². The summed E-state index contributed by atoms with van der Waals surface area (Å²) in [4.78, 5) is 0. The molecule has 0 spiro atoms. The molecular formula is C18H19NO. The molecule has 2 heteroatoms. The van der Waals surface area contributed by atoms with Gasteiger partial charge in [-0.25, -0.2) is 0 Å². The third-order valence-electron chi connectivity index (χ3n) is 4.75. The van der Waals surface area contributed by atoms with Crippen LogP contribution in [0.5, 0.6) is 5.75 Å². The van der Waals surface area contributed by atoms with E-state index in [-0.39, 0.29) is 5.41 Å². The fourth-order valence-corrected chi connectivity index (χ4v) is 3.55. The van der Waals surface area contributed by atoms with Gasteiger partial charge in [-0.3, -0.25) is 0 Å². The van der Waals surface area contributed by atoms with Gasteiger partial charge in [0, 0.05) is 30.0 Å². The molecule has 2 aromatic carbocycles. The molecule has 1 fully saturated rings. The number of fused-ring (bicyclic) bond motifs is 1. The number of nitrogens with one attached hydrogen (secondary N) is 1. The molecule has 1 saturated heterocycles. The molecule has 4 rings (SSSR count). The van der Waals surface area contributed by atoms with Crippen molar-refractivity contribution in [3.63, 3.8) is 0 Å². The first-order valence-electron chi connectivity index (χ1n) is 7.35. The number of ether oxygens (including phenoxy) is 1. The molecule has 1 atom stereocenters. The summed E-state index contributed by atoms with van der Waals surface area (Å²) in [5.41, 5.74) is 3.13. The van der Waals surface area contributed by atoms with Gasteiger partial charge in [0.1, 0.15) is 5.75 Å². The predicted octanol–water partition coefficient (Wildman–Crippen LogP) is 3.09. The second kappa shape index (κ2) is 4.64. The maximum atomic E-state index is 5.84. The Kier molecular flexibility index (Phi) is 2.78. The highest BCUT2D eigenvalue weighted by molar-refractivity contribution is 5.41. The third kappa shape index (κ3) is 1.83. The van der Waals surface area contributed by atoms with Crippen molar-refractivity contribution in [2.75, 3.05) is 19.7 Å². The Morgan fingerprint density at radius 2 is 1.75 bits per heavy atom. The molecule has 0 saturated carbocycles. The Bertz CT molecular complexity index is 604. The number of hydrogen-bond acceptors (Lipinski definition) is 2. The van der Waals surface area contributed by atoms with Gasteiger partial charge in [-0.15, -0.1) is 0 Å². The van der Waals surface area contributed by atoms with Crippen LogP contribution in [0.3, 0.4) is 0 Å². The van der Waals surface area contributed by atoms with Crippen LogP contribution in [0.15, 0.2) is 54.6 Å². The lowest BCUT2D eigenvalue weighted by atomic mass is 9.69. The molecule has 2 aromatic rings. The van der Waals surface area contributed by atoms with Gasteiger partial charge in [-0.05, 0) is 18.1 Å². The second-order valence-electron chi connectivity index (χ2n) is 6.00. The van der Waals surface area contributed by atoms with Crippen molar-refractivity contribution in [3.8, 4) is 5.75 Å². The quantitative estimate of drug-likeness (QED) is 0.920. The Labute approximate surface area is 119 Å². The summed E-state index contributed by atoms with van der Waals surface area (Å²) >= 11 is 0. The highest BCUT2D eigenvalue weighted by Gasteiger charge is 2.42. The molecule has 0 radical (unpaired) electrons. The fourth-order valence-electron chi connectivity index (χ4n) is 3.55. The van der Waals surface area contributed by atoms with Crippen molar-refractivity contribution in [2.24, 2.45) is 0 Å². The molecule has 0 bridgehead atoms. The Hall–Kier alpha value is -1.80. The zero-order chi connectivity index (χ0) is 13.4. The SMILES string of the molecule is c1ccc(C2(CC3COc4ccccc43)CNC2)cc1. The van der Waals surface area contributed by atoms with Crippen LogP contribution in [-0.4, -0.2) is 19.7 Å². The van der Waals surface area contributed by atoms with E-state index in [0.717, 1.165) is 25.4 Å². The highest BCUT2D eigenvalue weighted by atomic mass is 16.5. The minimum Gasteiger partial charge on any atom is -0.493 e. The topological polar surface area (TPSA) is 21.3 Å². The highest BCUT2D eigenvalue weighted by Crippen LogP contribution is 2.43. The van der Waals surface area contributed by atoms with E-state index in [1.165, 1.54) is 17.5 Å². The van der Waals surface area contributed by atoms with Gasteiger partial charge in [0.05, 0.1) is 6.61 Å². The molecule has 2 aliphatic rings. The lowest BCUT2D eigenvalue weighted by Gasteiger charge is -2.44. The summed E-state index contributed by atoms with van der Waals surface area (Å²) in [6.07, 6.45) is 1.17. The van der Waals surface area contributed by atoms with E-state index < -0.39 is 0 Å². The average Bonchev–Trinajstić information content (AvgIpc) is 2.87. The zero-order valence-corrected chi connectivity index (χ0v) is 11.5. The minimum atomic E-state index is 0.284. The summed E-state index contributed by atoms with van der Waals surface area (Å²) in [6, 6.07) is 19.4. The number of rotatable bonds is 3. The van der Waals surface area contributed by atoms with Crippen LogP contribution in [0.1, 0.15) is 23.5 Å². The molecule has 0 aromatic heterocycles. The minimum absolute atomic E-state index is 0.284. The van der Waals surface area contributed by atoms with E-state index in [1.54, 1.807) is 0 Å². The monoisotopic (exact) mass is 265 g/mol. The molecule has 2 heterocycles. The standard InChI is InChI=1S/C18H19NO/c1-2-6-15(7-3-1)18(12-19-13-18)10-14-11-20-17-9-5-4-8-16(14)17/h1-9,14,19H,10-13H2. The Morgan fingerprint density at radius 3 is 2.50 bits per heavy atom. The van der Waals surface area contributed by atoms with Crippen molar-refractivity contribution >= 4 is 0 Å². The van der Waals surface area contributed by atoms with Crippen molar-refractivity contribution < 1.29 is 4.74 Å². The average molecular weight is 265 g/mol. The largest absolute Gasteiger partial charge is 0.493 e. The van der Waals surface area contributed by atoms with Crippen molar-refractivity contribution in [1.29, 1.82) is 0 Å². The summed E-state index contributed by atoms with van der Waals surface area (Å²) < 4.78 is 5.84. The van der Waals surface area contributed by atoms with Gasteiger partial charge in [-0.1, -0.05) is 48.5 Å². The summed E-state index contributed by atoms with van der Waals surface area (Å²) in [6.45, 7) is 2.99. The van der Waals surface area contributed by atoms with Crippen LogP contribution in [0, 0.1) is 0 Å². The fraction of sp³-hybridized carbons (Fsp3) is 0.333. The first-order valence-corrected chi connectivity index (χ1v) is 7.35. The lowest BCUT2D eigenvalue weighted by Crippen LogP contribution is -2.57.